The molecule has 2 unspecified atom stereocenters. The summed E-state index contributed by atoms with van der Waals surface area (Å²) in [6, 6.07) is 0.894. The van der Waals surface area contributed by atoms with E-state index >= 15 is 0 Å². The van der Waals surface area contributed by atoms with E-state index in [0.717, 1.165) is 26.1 Å². The van der Waals surface area contributed by atoms with Crippen molar-refractivity contribution in [1.82, 2.24) is 9.80 Å². The van der Waals surface area contributed by atoms with Gasteiger partial charge in [0.05, 0.1) is 0 Å². The van der Waals surface area contributed by atoms with Crippen molar-refractivity contribution in [3.63, 3.8) is 0 Å². The molecular formula is C16H37N3. The minimum absolute atomic E-state index is 0.336. The third-order valence-electron chi connectivity index (χ3n) is 4.22. The zero-order valence-corrected chi connectivity index (χ0v) is 14.0. The molecule has 0 aliphatic rings. The van der Waals surface area contributed by atoms with E-state index < -0.39 is 0 Å². The van der Waals surface area contributed by atoms with Crippen molar-refractivity contribution in [3.8, 4) is 0 Å². The molecule has 19 heavy (non-hydrogen) atoms. The fourth-order valence-electron chi connectivity index (χ4n) is 2.95. The van der Waals surface area contributed by atoms with Gasteiger partial charge in [0.2, 0.25) is 0 Å². The largest absolute Gasteiger partial charge is 0.326 e. The average Bonchev–Trinajstić information content (AvgIpc) is 2.42. The van der Waals surface area contributed by atoms with Gasteiger partial charge in [0.1, 0.15) is 0 Å². The van der Waals surface area contributed by atoms with Gasteiger partial charge in [0, 0.05) is 12.1 Å². The predicted octanol–water partition coefficient (Wildman–Crippen LogP) is 2.95. The SMILES string of the molecule is CCCC(N)C(CC)N(CC)CCCN(CC)CC. The Balaban J connectivity index is 4.22. The van der Waals surface area contributed by atoms with Gasteiger partial charge < -0.3 is 10.6 Å². The van der Waals surface area contributed by atoms with Crippen LogP contribution in [0.15, 0.2) is 0 Å². The zero-order valence-electron chi connectivity index (χ0n) is 14.0. The molecule has 0 radical (unpaired) electrons. The van der Waals surface area contributed by atoms with E-state index in [9.17, 15) is 0 Å². The fraction of sp³-hybridized carbons (Fsp3) is 1.00. The second-order valence-electron chi connectivity index (χ2n) is 5.44. The molecule has 0 heterocycles. The van der Waals surface area contributed by atoms with Crippen molar-refractivity contribution >= 4 is 0 Å². The van der Waals surface area contributed by atoms with Gasteiger partial charge in [-0.05, 0) is 52.0 Å². The molecule has 116 valence electrons. The summed E-state index contributed by atoms with van der Waals surface area (Å²) in [4.78, 5) is 5.09. The molecule has 2 N–H and O–H groups in total. The maximum Gasteiger partial charge on any atom is 0.0244 e. The highest BCUT2D eigenvalue weighted by Gasteiger charge is 2.21. The lowest BCUT2D eigenvalue weighted by Gasteiger charge is -2.34. The van der Waals surface area contributed by atoms with E-state index in [0.29, 0.717) is 12.1 Å². The van der Waals surface area contributed by atoms with Crippen molar-refractivity contribution in [2.24, 2.45) is 5.73 Å². The van der Waals surface area contributed by atoms with Crippen LogP contribution in [0.5, 0.6) is 0 Å². The minimum Gasteiger partial charge on any atom is -0.326 e. The van der Waals surface area contributed by atoms with Crippen molar-refractivity contribution < 1.29 is 0 Å². The van der Waals surface area contributed by atoms with E-state index in [1.807, 2.05) is 0 Å². The highest BCUT2D eigenvalue weighted by Crippen LogP contribution is 2.12. The molecule has 0 bridgehead atoms. The van der Waals surface area contributed by atoms with Gasteiger partial charge in [-0.25, -0.2) is 0 Å². The van der Waals surface area contributed by atoms with Crippen LogP contribution in [-0.4, -0.2) is 54.6 Å². The molecule has 0 aliphatic carbocycles. The Morgan fingerprint density at radius 1 is 0.895 bits per heavy atom. The van der Waals surface area contributed by atoms with Crippen molar-refractivity contribution in [3.05, 3.63) is 0 Å². The number of nitrogens with two attached hydrogens (primary N) is 1. The van der Waals surface area contributed by atoms with Crippen LogP contribution in [0, 0.1) is 0 Å². The summed E-state index contributed by atoms with van der Waals surface area (Å²) < 4.78 is 0. The summed E-state index contributed by atoms with van der Waals surface area (Å²) in [5.41, 5.74) is 6.35. The second-order valence-corrected chi connectivity index (χ2v) is 5.44. The van der Waals surface area contributed by atoms with E-state index in [1.54, 1.807) is 0 Å². The summed E-state index contributed by atoms with van der Waals surface area (Å²) in [7, 11) is 0. The molecule has 0 spiro atoms. The third-order valence-corrected chi connectivity index (χ3v) is 4.22. The third kappa shape index (κ3) is 7.28. The van der Waals surface area contributed by atoms with Gasteiger partial charge in [-0.2, -0.15) is 0 Å². The van der Waals surface area contributed by atoms with Crippen LogP contribution in [-0.2, 0) is 0 Å². The van der Waals surface area contributed by atoms with Crippen LogP contribution in [0.4, 0.5) is 0 Å². The molecule has 3 heteroatoms. The monoisotopic (exact) mass is 271 g/mol. The smallest absolute Gasteiger partial charge is 0.0244 e. The van der Waals surface area contributed by atoms with Crippen LogP contribution in [0.25, 0.3) is 0 Å². The first-order valence-electron chi connectivity index (χ1n) is 8.36. The molecule has 0 saturated heterocycles. The molecule has 0 saturated carbocycles. The first-order chi connectivity index (χ1) is 9.14. The number of hydrogen-bond acceptors (Lipinski definition) is 3. The summed E-state index contributed by atoms with van der Waals surface area (Å²) in [6.45, 7) is 17.1. The molecular weight excluding hydrogens is 234 g/mol. The van der Waals surface area contributed by atoms with Crippen LogP contribution >= 0.6 is 0 Å². The van der Waals surface area contributed by atoms with Gasteiger partial charge in [-0.1, -0.05) is 41.0 Å². The Morgan fingerprint density at radius 3 is 1.95 bits per heavy atom. The Bertz CT molecular complexity index is 192. The average molecular weight is 271 g/mol. The first-order valence-corrected chi connectivity index (χ1v) is 8.36. The van der Waals surface area contributed by atoms with Crippen LogP contribution < -0.4 is 5.73 Å². The number of likely N-dealkylation sites (N-methyl/N-ethyl adjacent to an activating group) is 1. The Hall–Kier alpha value is -0.120. The summed E-state index contributed by atoms with van der Waals surface area (Å²) in [5, 5.41) is 0. The lowest BCUT2D eigenvalue weighted by molar-refractivity contribution is 0.158. The molecule has 0 amide bonds. The maximum absolute atomic E-state index is 6.35. The summed E-state index contributed by atoms with van der Waals surface area (Å²) in [6.07, 6.45) is 4.75. The molecule has 0 fully saturated rings. The normalized spacial score (nSPS) is 15.2. The highest BCUT2D eigenvalue weighted by molar-refractivity contribution is 4.80. The summed E-state index contributed by atoms with van der Waals surface area (Å²) >= 11 is 0. The predicted molar refractivity (Wildman–Crippen MR) is 86.6 cm³/mol. The molecule has 0 rings (SSSR count). The van der Waals surface area contributed by atoms with Crippen molar-refractivity contribution in [1.29, 1.82) is 0 Å². The van der Waals surface area contributed by atoms with Gasteiger partial charge in [-0.15, -0.1) is 0 Å². The molecule has 3 nitrogen and oxygen atoms in total. The lowest BCUT2D eigenvalue weighted by Crippen LogP contribution is -2.48. The lowest BCUT2D eigenvalue weighted by atomic mass is 10.00. The number of nitrogens with zero attached hydrogens (tertiary/aromatic N) is 2. The molecule has 0 aromatic rings. The van der Waals surface area contributed by atoms with Gasteiger partial charge >= 0.3 is 0 Å². The Labute approximate surface area is 121 Å². The number of rotatable bonds is 12. The number of hydrogen-bond donors (Lipinski definition) is 1. The first kappa shape index (κ1) is 18.9. The van der Waals surface area contributed by atoms with Crippen molar-refractivity contribution in [2.75, 3.05) is 32.7 Å². The zero-order chi connectivity index (χ0) is 14.7. The van der Waals surface area contributed by atoms with Crippen molar-refractivity contribution in [2.45, 2.75) is 72.4 Å². The quantitative estimate of drug-likeness (QED) is 0.592. The standard InChI is InChI=1S/C16H37N3/c1-6-12-15(17)16(7-2)19(10-5)14-11-13-18(8-3)9-4/h15-16H,6-14,17H2,1-5H3. The maximum atomic E-state index is 6.35. The van der Waals surface area contributed by atoms with Gasteiger partial charge in [0.15, 0.2) is 0 Å². The Kier molecular flexibility index (Phi) is 11.6. The van der Waals surface area contributed by atoms with E-state index in [4.69, 9.17) is 5.73 Å². The molecule has 2 atom stereocenters. The Morgan fingerprint density at radius 2 is 1.53 bits per heavy atom. The van der Waals surface area contributed by atoms with E-state index in [2.05, 4.69) is 44.4 Å². The van der Waals surface area contributed by atoms with E-state index in [-0.39, 0.29) is 0 Å². The highest BCUT2D eigenvalue weighted by atomic mass is 15.2. The second kappa shape index (κ2) is 11.7. The molecule has 0 aromatic carbocycles. The fourth-order valence-corrected chi connectivity index (χ4v) is 2.95. The van der Waals surface area contributed by atoms with Crippen LogP contribution in [0.1, 0.15) is 60.3 Å². The summed E-state index contributed by atoms with van der Waals surface area (Å²) in [5.74, 6) is 0. The molecule has 0 aliphatic heterocycles. The topological polar surface area (TPSA) is 32.5 Å². The van der Waals surface area contributed by atoms with Crippen LogP contribution in [0.3, 0.4) is 0 Å². The molecule has 0 aromatic heterocycles. The van der Waals surface area contributed by atoms with Gasteiger partial charge in [-0.3, -0.25) is 4.90 Å². The van der Waals surface area contributed by atoms with Crippen LogP contribution in [0.2, 0.25) is 0 Å². The van der Waals surface area contributed by atoms with Gasteiger partial charge in [0.25, 0.3) is 0 Å². The minimum atomic E-state index is 0.336. The van der Waals surface area contributed by atoms with E-state index in [1.165, 1.54) is 32.4 Å².